The van der Waals surface area contributed by atoms with Crippen LogP contribution in [0.5, 0.6) is 0 Å². The molecular formula is C10H17NO3. The molecule has 0 aromatic rings. The van der Waals surface area contributed by atoms with Crippen LogP contribution in [0.25, 0.3) is 0 Å². The molecule has 1 amide bonds. The second kappa shape index (κ2) is 4.98. The van der Waals surface area contributed by atoms with E-state index in [1.54, 1.807) is 11.9 Å². The van der Waals surface area contributed by atoms with Crippen LogP contribution in [0.15, 0.2) is 0 Å². The maximum absolute atomic E-state index is 11.4. The van der Waals surface area contributed by atoms with Crippen molar-refractivity contribution in [3.8, 4) is 0 Å². The normalized spacial score (nSPS) is 16.1. The zero-order chi connectivity index (χ0) is 10.6. The highest BCUT2D eigenvalue weighted by atomic mass is 16.4. The third-order valence-corrected chi connectivity index (χ3v) is 2.74. The maximum Gasteiger partial charge on any atom is 0.303 e. The Morgan fingerprint density at radius 3 is 2.43 bits per heavy atom. The molecule has 0 saturated heterocycles. The summed E-state index contributed by atoms with van der Waals surface area (Å²) in [5.41, 5.74) is 0. The lowest BCUT2D eigenvalue weighted by Crippen LogP contribution is -2.34. The van der Waals surface area contributed by atoms with Crippen LogP contribution in [0, 0.1) is 5.92 Å². The summed E-state index contributed by atoms with van der Waals surface area (Å²) in [5.74, 6) is -0.316. The van der Waals surface area contributed by atoms with Gasteiger partial charge in [0.1, 0.15) is 0 Å². The minimum absolute atomic E-state index is 0.0562. The van der Waals surface area contributed by atoms with Crippen LogP contribution in [-0.4, -0.2) is 35.5 Å². The Balaban J connectivity index is 2.17. The number of carbonyl (C=O) groups is 2. The van der Waals surface area contributed by atoms with Gasteiger partial charge in [-0.2, -0.15) is 0 Å². The molecule has 1 rings (SSSR count). The molecule has 0 aromatic carbocycles. The number of nitrogens with zero attached hydrogens (tertiary/aromatic N) is 1. The summed E-state index contributed by atoms with van der Waals surface area (Å²) in [6.45, 7) is 0.790. The molecule has 0 aliphatic heterocycles. The first-order chi connectivity index (χ1) is 6.59. The van der Waals surface area contributed by atoms with Gasteiger partial charge in [0.25, 0.3) is 0 Å². The molecule has 0 aromatic heterocycles. The molecule has 0 bridgehead atoms. The molecule has 0 unspecified atom stereocenters. The van der Waals surface area contributed by atoms with Gasteiger partial charge >= 0.3 is 5.97 Å². The van der Waals surface area contributed by atoms with Crippen molar-refractivity contribution in [1.82, 2.24) is 4.90 Å². The monoisotopic (exact) mass is 199 g/mol. The Morgan fingerprint density at radius 1 is 1.36 bits per heavy atom. The quantitative estimate of drug-likeness (QED) is 0.721. The lowest BCUT2D eigenvalue weighted by Gasteiger charge is -2.30. The van der Waals surface area contributed by atoms with Crippen LogP contribution in [0.3, 0.4) is 0 Å². The van der Waals surface area contributed by atoms with Gasteiger partial charge in [0, 0.05) is 20.0 Å². The van der Waals surface area contributed by atoms with Gasteiger partial charge in [-0.1, -0.05) is 6.42 Å². The summed E-state index contributed by atoms with van der Waals surface area (Å²) in [7, 11) is 1.75. The molecule has 14 heavy (non-hydrogen) atoms. The van der Waals surface area contributed by atoms with E-state index in [0.717, 1.165) is 6.54 Å². The van der Waals surface area contributed by atoms with Crippen molar-refractivity contribution in [2.75, 3.05) is 13.6 Å². The minimum Gasteiger partial charge on any atom is -0.481 e. The Hall–Kier alpha value is -1.06. The number of rotatable bonds is 5. The topological polar surface area (TPSA) is 57.6 Å². The van der Waals surface area contributed by atoms with Crippen molar-refractivity contribution >= 4 is 11.9 Å². The maximum atomic E-state index is 11.4. The Morgan fingerprint density at radius 2 is 2.00 bits per heavy atom. The van der Waals surface area contributed by atoms with E-state index in [0.29, 0.717) is 5.92 Å². The molecule has 1 fully saturated rings. The van der Waals surface area contributed by atoms with Crippen LogP contribution in [0.2, 0.25) is 0 Å². The first-order valence-corrected chi connectivity index (χ1v) is 5.05. The lowest BCUT2D eigenvalue weighted by molar-refractivity contribution is -0.140. The number of carboxylic acids is 1. The Bertz CT molecular complexity index is 223. The number of hydrogen-bond acceptors (Lipinski definition) is 2. The van der Waals surface area contributed by atoms with Gasteiger partial charge in [0.2, 0.25) is 5.91 Å². The summed E-state index contributed by atoms with van der Waals surface area (Å²) >= 11 is 0. The van der Waals surface area contributed by atoms with Crippen molar-refractivity contribution in [2.45, 2.75) is 32.1 Å². The standard InChI is InChI=1S/C10H17NO3/c1-11(7-8-3-2-4-8)9(12)5-6-10(13)14/h8H,2-7H2,1H3,(H,13,14). The first-order valence-electron chi connectivity index (χ1n) is 5.05. The molecule has 0 atom stereocenters. The van der Waals surface area contributed by atoms with Crippen LogP contribution < -0.4 is 0 Å². The second-order valence-corrected chi connectivity index (χ2v) is 3.96. The fourth-order valence-corrected chi connectivity index (χ4v) is 1.57. The third-order valence-electron chi connectivity index (χ3n) is 2.74. The van der Waals surface area contributed by atoms with Gasteiger partial charge in [-0.15, -0.1) is 0 Å². The van der Waals surface area contributed by atoms with Gasteiger partial charge in [0.05, 0.1) is 6.42 Å². The average Bonchev–Trinajstić information content (AvgIpc) is 2.06. The van der Waals surface area contributed by atoms with Gasteiger partial charge in [0.15, 0.2) is 0 Å². The van der Waals surface area contributed by atoms with E-state index in [2.05, 4.69) is 0 Å². The molecule has 1 aliphatic rings. The molecule has 80 valence electrons. The molecule has 0 spiro atoms. The van der Waals surface area contributed by atoms with Crippen molar-refractivity contribution in [3.05, 3.63) is 0 Å². The largest absolute Gasteiger partial charge is 0.481 e. The highest BCUT2D eigenvalue weighted by molar-refractivity contribution is 5.80. The van der Waals surface area contributed by atoms with Crippen molar-refractivity contribution in [1.29, 1.82) is 0 Å². The average molecular weight is 199 g/mol. The predicted octanol–water partition coefficient (Wildman–Crippen LogP) is 1.11. The summed E-state index contributed by atoms with van der Waals surface area (Å²) < 4.78 is 0. The minimum atomic E-state index is -0.907. The smallest absolute Gasteiger partial charge is 0.303 e. The zero-order valence-electron chi connectivity index (χ0n) is 8.53. The number of hydrogen-bond donors (Lipinski definition) is 1. The summed E-state index contributed by atoms with van der Waals surface area (Å²) in [6.07, 6.45) is 3.74. The first kappa shape index (κ1) is 11.0. The van der Waals surface area contributed by atoms with Crippen molar-refractivity contribution in [2.24, 2.45) is 5.92 Å². The van der Waals surface area contributed by atoms with E-state index in [9.17, 15) is 9.59 Å². The Labute approximate surface area is 83.9 Å². The third kappa shape index (κ3) is 3.36. The van der Waals surface area contributed by atoms with Gasteiger partial charge in [-0.3, -0.25) is 9.59 Å². The van der Waals surface area contributed by atoms with E-state index in [4.69, 9.17) is 5.11 Å². The zero-order valence-corrected chi connectivity index (χ0v) is 8.53. The number of carboxylic acid groups (broad SMARTS) is 1. The van der Waals surface area contributed by atoms with Crippen LogP contribution in [0.1, 0.15) is 32.1 Å². The van der Waals surface area contributed by atoms with Crippen LogP contribution in [0.4, 0.5) is 0 Å². The fourth-order valence-electron chi connectivity index (χ4n) is 1.57. The van der Waals surface area contributed by atoms with E-state index in [1.165, 1.54) is 19.3 Å². The molecule has 4 heteroatoms. The van der Waals surface area contributed by atoms with E-state index >= 15 is 0 Å². The Kier molecular flexibility index (Phi) is 3.92. The molecule has 0 heterocycles. The highest BCUT2D eigenvalue weighted by Crippen LogP contribution is 2.26. The summed E-state index contributed by atoms with van der Waals surface area (Å²) in [6, 6.07) is 0. The number of amides is 1. The highest BCUT2D eigenvalue weighted by Gasteiger charge is 2.21. The number of aliphatic carboxylic acids is 1. The predicted molar refractivity (Wildman–Crippen MR) is 51.8 cm³/mol. The van der Waals surface area contributed by atoms with E-state index in [1.807, 2.05) is 0 Å². The molecule has 1 aliphatic carbocycles. The van der Waals surface area contributed by atoms with E-state index < -0.39 is 5.97 Å². The van der Waals surface area contributed by atoms with E-state index in [-0.39, 0.29) is 18.7 Å². The second-order valence-electron chi connectivity index (χ2n) is 3.96. The van der Waals surface area contributed by atoms with Crippen molar-refractivity contribution < 1.29 is 14.7 Å². The van der Waals surface area contributed by atoms with Gasteiger partial charge in [-0.25, -0.2) is 0 Å². The fraction of sp³-hybridized carbons (Fsp3) is 0.800. The van der Waals surface area contributed by atoms with Gasteiger partial charge in [-0.05, 0) is 18.8 Å². The molecule has 4 nitrogen and oxygen atoms in total. The van der Waals surface area contributed by atoms with Crippen LogP contribution >= 0.6 is 0 Å². The summed E-state index contributed by atoms with van der Waals surface area (Å²) in [4.78, 5) is 23.3. The molecular weight excluding hydrogens is 182 g/mol. The SMILES string of the molecule is CN(CC1CCC1)C(=O)CCC(=O)O. The molecule has 0 radical (unpaired) electrons. The van der Waals surface area contributed by atoms with Crippen LogP contribution in [-0.2, 0) is 9.59 Å². The molecule has 1 N–H and O–H groups in total. The number of carbonyl (C=O) groups excluding carboxylic acids is 1. The lowest BCUT2D eigenvalue weighted by atomic mass is 9.85. The van der Waals surface area contributed by atoms with Gasteiger partial charge < -0.3 is 10.0 Å². The summed E-state index contributed by atoms with van der Waals surface area (Å²) in [5, 5.41) is 8.41. The molecule has 1 saturated carbocycles. The van der Waals surface area contributed by atoms with Crippen molar-refractivity contribution in [3.63, 3.8) is 0 Å².